The first-order chi connectivity index (χ1) is 17.7. The molecule has 0 atom stereocenters. The predicted molar refractivity (Wildman–Crippen MR) is 132 cm³/mol. The number of rotatable bonds is 7. The minimum Gasteiger partial charge on any atom is -0.347 e. The van der Waals surface area contributed by atoms with Crippen LogP contribution < -0.4 is 16.0 Å². The highest BCUT2D eigenvalue weighted by molar-refractivity contribution is 6.34. The Bertz CT molecular complexity index is 1510. The number of nitrogens with one attached hydrogen (secondary N) is 5. The molecule has 188 valence electrons. The molecule has 0 aliphatic heterocycles. The van der Waals surface area contributed by atoms with Crippen LogP contribution in [0.1, 0.15) is 32.0 Å². The molecule has 5 N–H and O–H groups in total. The number of anilines is 2. The Morgan fingerprint density at radius 3 is 2.41 bits per heavy atom. The Morgan fingerprint density at radius 1 is 0.865 bits per heavy atom. The number of nitrogens with zero attached hydrogens (tertiary/aromatic N) is 1. The average Bonchev–Trinajstić information content (AvgIpc) is 3.33. The molecule has 0 fully saturated rings. The van der Waals surface area contributed by atoms with Crippen molar-refractivity contribution in [3.05, 3.63) is 112 Å². The zero-order valence-electron chi connectivity index (χ0n) is 18.8. The van der Waals surface area contributed by atoms with Crippen molar-refractivity contribution in [1.29, 1.82) is 5.41 Å². The fourth-order valence-electron chi connectivity index (χ4n) is 3.30. The molecule has 0 aliphatic carbocycles. The summed E-state index contributed by atoms with van der Waals surface area (Å²) < 4.78 is 40.6. The highest BCUT2D eigenvalue weighted by Crippen LogP contribution is 2.21. The van der Waals surface area contributed by atoms with E-state index >= 15 is 0 Å². The van der Waals surface area contributed by atoms with Crippen LogP contribution in [0.25, 0.3) is 0 Å². The number of amidine groups is 1. The zero-order valence-corrected chi connectivity index (χ0v) is 19.6. The van der Waals surface area contributed by atoms with E-state index in [4.69, 9.17) is 17.0 Å². The van der Waals surface area contributed by atoms with Gasteiger partial charge >= 0.3 is 0 Å². The largest absolute Gasteiger partial charge is 0.347 e. The minimum atomic E-state index is -1.23. The van der Waals surface area contributed by atoms with Gasteiger partial charge in [-0.2, -0.15) is 5.10 Å². The Kier molecular flexibility index (Phi) is 7.54. The molecular formula is C25H18ClF3N6O2. The molecule has 1 heterocycles. The Balaban J connectivity index is 1.35. The summed E-state index contributed by atoms with van der Waals surface area (Å²) >= 11 is 5.80. The number of hydrogen-bond donors (Lipinski definition) is 5. The van der Waals surface area contributed by atoms with Crippen LogP contribution in [0.15, 0.2) is 66.7 Å². The van der Waals surface area contributed by atoms with Gasteiger partial charge in [0.1, 0.15) is 17.5 Å². The van der Waals surface area contributed by atoms with Crippen LogP contribution in [0.2, 0.25) is 5.02 Å². The van der Waals surface area contributed by atoms with Gasteiger partial charge in [0.2, 0.25) is 0 Å². The molecule has 0 unspecified atom stereocenters. The van der Waals surface area contributed by atoms with E-state index in [-0.39, 0.29) is 40.0 Å². The first kappa shape index (κ1) is 25.5. The van der Waals surface area contributed by atoms with Crippen LogP contribution in [-0.2, 0) is 6.54 Å². The zero-order chi connectivity index (χ0) is 26.5. The van der Waals surface area contributed by atoms with E-state index in [2.05, 4.69) is 26.1 Å². The molecule has 1 aromatic heterocycles. The van der Waals surface area contributed by atoms with Crippen LogP contribution in [0.4, 0.5) is 24.7 Å². The lowest BCUT2D eigenvalue weighted by molar-refractivity contribution is 0.0945. The second kappa shape index (κ2) is 11.0. The van der Waals surface area contributed by atoms with Crippen molar-refractivity contribution in [3.8, 4) is 0 Å². The molecule has 0 radical (unpaired) electrons. The lowest BCUT2D eigenvalue weighted by Gasteiger charge is -2.11. The second-order valence-corrected chi connectivity index (χ2v) is 8.14. The van der Waals surface area contributed by atoms with Crippen molar-refractivity contribution in [2.24, 2.45) is 0 Å². The van der Waals surface area contributed by atoms with E-state index in [9.17, 15) is 22.8 Å². The first-order valence-corrected chi connectivity index (χ1v) is 11.1. The molecule has 4 aromatic rings. The third-order valence-electron chi connectivity index (χ3n) is 5.11. The molecule has 12 heteroatoms. The van der Waals surface area contributed by atoms with Gasteiger partial charge in [-0.3, -0.25) is 20.1 Å². The molecule has 0 aliphatic rings. The van der Waals surface area contributed by atoms with E-state index in [1.54, 1.807) is 30.3 Å². The molecule has 0 spiro atoms. The van der Waals surface area contributed by atoms with Gasteiger partial charge in [-0.25, -0.2) is 13.2 Å². The van der Waals surface area contributed by atoms with Gasteiger partial charge in [-0.05, 0) is 42.0 Å². The lowest BCUT2D eigenvalue weighted by Crippen LogP contribution is -2.23. The summed E-state index contributed by atoms with van der Waals surface area (Å²) in [5.74, 6) is -4.41. The number of aromatic nitrogens is 2. The second-order valence-electron chi connectivity index (χ2n) is 7.73. The summed E-state index contributed by atoms with van der Waals surface area (Å²) in [6.07, 6.45) is 0. The number of carbonyl (C=O) groups is 2. The summed E-state index contributed by atoms with van der Waals surface area (Å²) in [6, 6.07) is 15.4. The maximum Gasteiger partial charge on any atom is 0.272 e. The topological polar surface area (TPSA) is 123 Å². The van der Waals surface area contributed by atoms with Crippen LogP contribution in [0.5, 0.6) is 0 Å². The van der Waals surface area contributed by atoms with Crippen molar-refractivity contribution in [2.45, 2.75) is 6.54 Å². The molecule has 8 nitrogen and oxygen atoms in total. The number of hydrogen-bond acceptors (Lipinski definition) is 4. The number of carbonyl (C=O) groups excluding carboxylic acids is 2. The monoisotopic (exact) mass is 526 g/mol. The van der Waals surface area contributed by atoms with Crippen LogP contribution in [0.3, 0.4) is 0 Å². The van der Waals surface area contributed by atoms with Gasteiger partial charge in [0.25, 0.3) is 11.8 Å². The van der Waals surface area contributed by atoms with Crippen molar-refractivity contribution in [2.75, 3.05) is 10.6 Å². The van der Waals surface area contributed by atoms with Crippen molar-refractivity contribution < 1.29 is 22.8 Å². The van der Waals surface area contributed by atoms with E-state index in [1.165, 1.54) is 24.3 Å². The Morgan fingerprint density at radius 2 is 1.62 bits per heavy atom. The Hall–Kier alpha value is -4.64. The summed E-state index contributed by atoms with van der Waals surface area (Å²) in [4.78, 5) is 24.8. The fraction of sp³-hybridized carbons (Fsp3) is 0.0400. The minimum absolute atomic E-state index is 0.0359. The molecule has 0 saturated heterocycles. The number of aromatic amines is 1. The number of amides is 2. The molecular weight excluding hydrogens is 509 g/mol. The summed E-state index contributed by atoms with van der Waals surface area (Å²) in [5, 5.41) is 22.0. The van der Waals surface area contributed by atoms with Gasteiger partial charge in [0, 0.05) is 18.3 Å². The van der Waals surface area contributed by atoms with Crippen molar-refractivity contribution >= 4 is 40.8 Å². The van der Waals surface area contributed by atoms with Gasteiger partial charge in [0.15, 0.2) is 17.3 Å². The average molecular weight is 527 g/mol. The number of halogens is 4. The smallest absolute Gasteiger partial charge is 0.272 e. The molecule has 4 rings (SSSR count). The van der Waals surface area contributed by atoms with Crippen LogP contribution >= 0.6 is 11.6 Å². The summed E-state index contributed by atoms with van der Waals surface area (Å²) in [7, 11) is 0. The van der Waals surface area contributed by atoms with E-state index in [0.717, 1.165) is 0 Å². The van der Waals surface area contributed by atoms with Gasteiger partial charge in [-0.1, -0.05) is 35.9 Å². The molecule has 0 saturated carbocycles. The standard InChI is InChI=1S/C25H18ClF3N6O2/c26-17-10-20(29)19(28)9-16(17)24(36)33-22-11-21(34-35-22)25(37)31-12-13-4-3-5-14(8-13)32-23(30)15-6-1-2-7-18(15)27/h1-11H,12H2,(H2,30,32)(H,31,37)(H2,33,34,35,36). The highest BCUT2D eigenvalue weighted by atomic mass is 35.5. The quantitative estimate of drug-likeness (QED) is 0.131. The molecule has 0 bridgehead atoms. The number of benzene rings is 3. The van der Waals surface area contributed by atoms with E-state index < -0.39 is 29.3 Å². The third kappa shape index (κ3) is 6.14. The molecule has 2 amide bonds. The SMILES string of the molecule is N=C(Nc1cccc(CNC(=O)c2cc(NC(=O)c3cc(F)c(F)cc3Cl)[nH]n2)c1)c1ccccc1F. The van der Waals surface area contributed by atoms with E-state index in [0.29, 0.717) is 23.4 Å². The highest BCUT2D eigenvalue weighted by Gasteiger charge is 2.17. The summed E-state index contributed by atoms with van der Waals surface area (Å²) in [5.41, 5.74) is 1.01. The fourth-order valence-corrected chi connectivity index (χ4v) is 3.53. The third-order valence-corrected chi connectivity index (χ3v) is 5.42. The summed E-state index contributed by atoms with van der Waals surface area (Å²) in [6.45, 7) is 0.112. The van der Waals surface area contributed by atoms with Crippen molar-refractivity contribution in [3.63, 3.8) is 0 Å². The number of H-pyrrole nitrogens is 1. The van der Waals surface area contributed by atoms with E-state index in [1.807, 2.05) is 0 Å². The maximum absolute atomic E-state index is 13.9. The maximum atomic E-state index is 13.9. The predicted octanol–water partition coefficient (Wildman–Crippen LogP) is 5.10. The van der Waals surface area contributed by atoms with Gasteiger partial charge in [-0.15, -0.1) is 0 Å². The normalized spacial score (nSPS) is 10.6. The lowest BCUT2D eigenvalue weighted by atomic mass is 10.1. The molecule has 37 heavy (non-hydrogen) atoms. The first-order valence-electron chi connectivity index (χ1n) is 10.7. The van der Waals surface area contributed by atoms with Crippen LogP contribution in [-0.4, -0.2) is 27.8 Å². The van der Waals surface area contributed by atoms with Gasteiger partial charge < -0.3 is 16.0 Å². The van der Waals surface area contributed by atoms with Crippen LogP contribution in [0, 0.1) is 22.9 Å². The Labute approximate surface area is 213 Å². The van der Waals surface area contributed by atoms with Gasteiger partial charge in [0.05, 0.1) is 16.1 Å². The van der Waals surface area contributed by atoms with Crippen molar-refractivity contribution in [1.82, 2.24) is 15.5 Å². The molecule has 3 aromatic carbocycles.